The highest BCUT2D eigenvalue weighted by molar-refractivity contribution is 5.77. The van der Waals surface area contributed by atoms with Gasteiger partial charge in [-0.2, -0.15) is 0 Å². The molecule has 0 radical (unpaired) electrons. The van der Waals surface area contributed by atoms with Crippen molar-refractivity contribution in [3.63, 3.8) is 0 Å². The van der Waals surface area contributed by atoms with Gasteiger partial charge in [-0.1, -0.05) is 271 Å². The fourth-order valence-electron chi connectivity index (χ4n) is 8.79. The molecule has 0 spiro atoms. The predicted molar refractivity (Wildman–Crippen MR) is 260 cm³/mol. The summed E-state index contributed by atoms with van der Waals surface area (Å²) in [4.78, 5) is 26.2. The van der Waals surface area contributed by atoms with Crippen LogP contribution in [0, 0.1) is 0 Å². The van der Waals surface area contributed by atoms with Crippen molar-refractivity contribution >= 4 is 11.9 Å². The van der Waals surface area contributed by atoms with Gasteiger partial charge in [-0.25, -0.2) is 0 Å². The first-order valence-electron chi connectivity index (χ1n) is 27.3. The SMILES string of the molecule is CCCCCCCCCCCCCCCCCCCC(CC(=O)NC(CO)C(O)CCCCCCCCCCC)OC(=O)CCCCCCCCCCCCCCCCC. The molecule has 0 aromatic carbocycles. The molecule has 0 saturated carbocycles. The Morgan fingerprint density at radius 1 is 0.417 bits per heavy atom. The van der Waals surface area contributed by atoms with Gasteiger partial charge in [0.1, 0.15) is 6.10 Å². The third-order valence-corrected chi connectivity index (χ3v) is 12.9. The van der Waals surface area contributed by atoms with E-state index in [1.54, 1.807) is 0 Å². The van der Waals surface area contributed by atoms with Crippen LogP contribution >= 0.6 is 0 Å². The fourth-order valence-corrected chi connectivity index (χ4v) is 8.79. The van der Waals surface area contributed by atoms with Crippen LogP contribution in [0.2, 0.25) is 0 Å². The van der Waals surface area contributed by atoms with E-state index in [1.807, 2.05) is 0 Å². The molecular weight excluding hydrogens is 743 g/mol. The highest BCUT2D eigenvalue weighted by atomic mass is 16.5. The van der Waals surface area contributed by atoms with Gasteiger partial charge in [-0.15, -0.1) is 0 Å². The van der Waals surface area contributed by atoms with Crippen LogP contribution < -0.4 is 5.32 Å². The van der Waals surface area contributed by atoms with Gasteiger partial charge in [0.2, 0.25) is 5.91 Å². The van der Waals surface area contributed by atoms with Gasteiger partial charge in [0, 0.05) is 6.42 Å². The number of amides is 1. The van der Waals surface area contributed by atoms with Crippen molar-refractivity contribution in [3.8, 4) is 0 Å². The van der Waals surface area contributed by atoms with Gasteiger partial charge in [0.05, 0.1) is 25.2 Å². The molecule has 0 aliphatic carbocycles. The maximum absolute atomic E-state index is 13.2. The van der Waals surface area contributed by atoms with E-state index in [0.717, 1.165) is 38.5 Å². The topological polar surface area (TPSA) is 95.9 Å². The minimum atomic E-state index is -0.778. The van der Waals surface area contributed by atoms with Crippen LogP contribution in [0.25, 0.3) is 0 Å². The Morgan fingerprint density at radius 3 is 1.02 bits per heavy atom. The second-order valence-corrected chi connectivity index (χ2v) is 19.0. The van der Waals surface area contributed by atoms with E-state index >= 15 is 0 Å². The Balaban J connectivity index is 4.48. The van der Waals surface area contributed by atoms with E-state index in [4.69, 9.17) is 4.74 Å². The lowest BCUT2D eigenvalue weighted by atomic mass is 10.0. The number of aliphatic hydroxyl groups is 2. The summed E-state index contributed by atoms with van der Waals surface area (Å²) in [6, 6.07) is -0.691. The van der Waals surface area contributed by atoms with Crippen LogP contribution in [0.1, 0.15) is 310 Å². The standard InChI is InChI=1S/C54H107NO5/c1-4-7-10-13-16-19-21-23-25-26-28-29-31-34-36-39-42-45-50(48-53(58)55-51(49-56)52(57)46-43-40-37-33-18-15-12-9-6-3)60-54(59)47-44-41-38-35-32-30-27-24-22-20-17-14-11-8-5-2/h50-52,56-57H,4-49H2,1-3H3,(H,55,58). The van der Waals surface area contributed by atoms with Crippen LogP contribution in [0.15, 0.2) is 0 Å². The van der Waals surface area contributed by atoms with Gasteiger partial charge in [0.25, 0.3) is 0 Å². The quantitative estimate of drug-likeness (QED) is 0.0419. The average molecular weight is 850 g/mol. The smallest absolute Gasteiger partial charge is 0.306 e. The number of nitrogens with one attached hydrogen (secondary N) is 1. The minimum Gasteiger partial charge on any atom is -0.462 e. The largest absolute Gasteiger partial charge is 0.462 e. The van der Waals surface area contributed by atoms with Crippen LogP contribution in [-0.2, 0) is 14.3 Å². The molecule has 3 N–H and O–H groups in total. The molecule has 0 aromatic heterocycles. The summed E-state index contributed by atoms with van der Waals surface area (Å²) in [7, 11) is 0. The van der Waals surface area contributed by atoms with Gasteiger partial charge in [-0.05, 0) is 25.7 Å². The van der Waals surface area contributed by atoms with Crippen LogP contribution in [-0.4, -0.2) is 46.9 Å². The maximum atomic E-state index is 13.2. The Morgan fingerprint density at radius 2 is 0.700 bits per heavy atom. The van der Waals surface area contributed by atoms with Crippen molar-refractivity contribution in [2.45, 2.75) is 328 Å². The van der Waals surface area contributed by atoms with Crippen molar-refractivity contribution < 1.29 is 24.5 Å². The molecule has 0 saturated heterocycles. The number of hydrogen-bond acceptors (Lipinski definition) is 5. The minimum absolute atomic E-state index is 0.0880. The molecule has 0 aliphatic heterocycles. The van der Waals surface area contributed by atoms with Crippen LogP contribution in [0.5, 0.6) is 0 Å². The van der Waals surface area contributed by atoms with Gasteiger partial charge < -0.3 is 20.3 Å². The Labute approximate surface area is 375 Å². The normalized spacial score (nSPS) is 13.1. The third-order valence-electron chi connectivity index (χ3n) is 12.9. The van der Waals surface area contributed by atoms with E-state index in [-0.39, 0.29) is 24.9 Å². The molecule has 0 aliphatic rings. The number of hydrogen-bond donors (Lipinski definition) is 3. The number of ether oxygens (including phenoxy) is 1. The Kier molecular flexibility index (Phi) is 48.0. The zero-order valence-corrected chi connectivity index (χ0v) is 40.9. The highest BCUT2D eigenvalue weighted by Gasteiger charge is 2.24. The molecule has 1 amide bonds. The summed E-state index contributed by atoms with van der Waals surface area (Å²) in [6.07, 6.45) is 53.1. The molecule has 60 heavy (non-hydrogen) atoms. The van der Waals surface area contributed by atoms with Gasteiger partial charge in [0.15, 0.2) is 0 Å². The molecular formula is C54H107NO5. The van der Waals surface area contributed by atoms with E-state index in [1.165, 1.54) is 225 Å². The van der Waals surface area contributed by atoms with Crippen molar-refractivity contribution in [1.29, 1.82) is 0 Å². The zero-order chi connectivity index (χ0) is 43.8. The summed E-state index contributed by atoms with van der Waals surface area (Å²) in [5.74, 6) is -0.449. The van der Waals surface area contributed by atoms with Gasteiger partial charge in [-0.3, -0.25) is 9.59 Å². The van der Waals surface area contributed by atoms with E-state index in [2.05, 4.69) is 26.1 Å². The van der Waals surface area contributed by atoms with E-state index < -0.39 is 18.2 Å². The molecule has 0 bridgehead atoms. The first-order chi connectivity index (χ1) is 29.5. The Bertz CT molecular complexity index is 867. The number of unbranched alkanes of at least 4 members (excludes halogenated alkanes) is 38. The summed E-state index contributed by atoms with van der Waals surface area (Å²) >= 11 is 0. The molecule has 0 aromatic rings. The first-order valence-corrected chi connectivity index (χ1v) is 27.3. The predicted octanol–water partition coefficient (Wildman–Crippen LogP) is 16.4. The second kappa shape index (κ2) is 48.9. The molecule has 6 heteroatoms. The molecule has 0 heterocycles. The van der Waals surface area contributed by atoms with Crippen molar-refractivity contribution in [2.24, 2.45) is 0 Å². The lowest BCUT2D eigenvalue weighted by Crippen LogP contribution is -2.46. The van der Waals surface area contributed by atoms with Gasteiger partial charge >= 0.3 is 5.97 Å². The number of rotatable bonds is 50. The summed E-state index contributed by atoms with van der Waals surface area (Å²) in [5, 5.41) is 23.7. The van der Waals surface area contributed by atoms with E-state index in [9.17, 15) is 19.8 Å². The lowest BCUT2D eigenvalue weighted by Gasteiger charge is -2.24. The fraction of sp³-hybridized carbons (Fsp3) is 0.963. The van der Waals surface area contributed by atoms with Crippen molar-refractivity contribution in [1.82, 2.24) is 5.32 Å². The number of aliphatic hydroxyl groups excluding tert-OH is 2. The first kappa shape index (κ1) is 58.9. The molecule has 0 rings (SSSR count). The summed E-state index contributed by atoms with van der Waals surface area (Å²) < 4.78 is 5.95. The van der Waals surface area contributed by atoms with Crippen molar-refractivity contribution in [3.05, 3.63) is 0 Å². The monoisotopic (exact) mass is 850 g/mol. The number of esters is 1. The maximum Gasteiger partial charge on any atom is 0.306 e. The molecule has 358 valence electrons. The average Bonchev–Trinajstić information content (AvgIpc) is 3.24. The van der Waals surface area contributed by atoms with Crippen LogP contribution in [0.4, 0.5) is 0 Å². The number of carbonyl (C=O) groups is 2. The molecule has 3 atom stereocenters. The van der Waals surface area contributed by atoms with Crippen molar-refractivity contribution in [2.75, 3.05) is 6.61 Å². The molecule has 3 unspecified atom stereocenters. The zero-order valence-electron chi connectivity index (χ0n) is 40.9. The summed E-state index contributed by atoms with van der Waals surface area (Å²) in [5.41, 5.74) is 0. The Hall–Kier alpha value is -1.14. The lowest BCUT2D eigenvalue weighted by molar-refractivity contribution is -0.151. The number of carbonyl (C=O) groups excluding carboxylic acids is 2. The highest BCUT2D eigenvalue weighted by Crippen LogP contribution is 2.19. The summed E-state index contributed by atoms with van der Waals surface area (Å²) in [6.45, 7) is 6.51. The van der Waals surface area contributed by atoms with Crippen LogP contribution in [0.3, 0.4) is 0 Å². The van der Waals surface area contributed by atoms with E-state index in [0.29, 0.717) is 19.3 Å². The second-order valence-electron chi connectivity index (χ2n) is 19.0. The molecule has 0 fully saturated rings. The third kappa shape index (κ3) is 43.5. The molecule has 6 nitrogen and oxygen atoms in total.